The molecule has 0 spiro atoms. The summed E-state index contributed by atoms with van der Waals surface area (Å²) in [5, 5.41) is 1.83. The van der Waals surface area contributed by atoms with Gasteiger partial charge in [-0.3, -0.25) is 9.59 Å². The lowest BCUT2D eigenvalue weighted by atomic mass is 10.1. The molecule has 1 amide bonds. The van der Waals surface area contributed by atoms with Gasteiger partial charge in [0.2, 0.25) is 0 Å². The molecule has 7 heteroatoms. The van der Waals surface area contributed by atoms with Crippen molar-refractivity contribution in [1.82, 2.24) is 14.5 Å². The van der Waals surface area contributed by atoms with E-state index >= 15 is 0 Å². The van der Waals surface area contributed by atoms with E-state index in [0.29, 0.717) is 41.4 Å². The van der Waals surface area contributed by atoms with Gasteiger partial charge in [0.25, 0.3) is 11.5 Å². The van der Waals surface area contributed by atoms with E-state index in [2.05, 4.69) is 4.98 Å². The highest BCUT2D eigenvalue weighted by Crippen LogP contribution is 2.27. The number of hydrogen-bond acceptors (Lipinski definition) is 5. The Balaban J connectivity index is 1.88. The molecule has 0 N–H and O–H groups in total. The number of nitrogens with zero attached hydrogens (tertiary/aromatic N) is 3. The smallest absolute Gasteiger partial charge is 0.268 e. The van der Waals surface area contributed by atoms with Crippen LogP contribution in [0.5, 0.6) is 5.75 Å². The minimum Gasteiger partial charge on any atom is -0.495 e. The summed E-state index contributed by atoms with van der Waals surface area (Å²) in [6.45, 7) is 0.888. The lowest BCUT2D eigenvalue weighted by Crippen LogP contribution is -2.39. The molecule has 110 valence electrons. The van der Waals surface area contributed by atoms with Gasteiger partial charge >= 0.3 is 0 Å². The average molecular weight is 305 g/mol. The maximum atomic E-state index is 12.5. The molecule has 0 saturated heterocycles. The Bertz CT molecular complexity index is 750. The van der Waals surface area contributed by atoms with E-state index in [1.165, 1.54) is 22.2 Å². The van der Waals surface area contributed by atoms with E-state index in [1.807, 2.05) is 5.38 Å². The first-order valence-electron chi connectivity index (χ1n) is 6.56. The summed E-state index contributed by atoms with van der Waals surface area (Å²) < 4.78 is 6.67. The zero-order valence-corrected chi connectivity index (χ0v) is 12.6. The van der Waals surface area contributed by atoms with Crippen LogP contribution in [0.15, 0.2) is 22.6 Å². The van der Waals surface area contributed by atoms with E-state index < -0.39 is 0 Å². The van der Waals surface area contributed by atoms with Crippen molar-refractivity contribution in [1.29, 1.82) is 0 Å². The second kappa shape index (κ2) is 5.33. The molecular weight excluding hydrogens is 290 g/mol. The molecule has 2 aromatic rings. The van der Waals surface area contributed by atoms with Crippen molar-refractivity contribution in [3.05, 3.63) is 44.3 Å². The fourth-order valence-corrected chi connectivity index (χ4v) is 3.27. The fourth-order valence-electron chi connectivity index (χ4n) is 2.45. The summed E-state index contributed by atoms with van der Waals surface area (Å²) in [6, 6.07) is 1.78. The number of thiophene rings is 1. The number of carbonyl (C=O) groups excluding carboxylic acids is 1. The molecule has 0 radical (unpaired) electrons. The van der Waals surface area contributed by atoms with E-state index in [1.54, 1.807) is 25.1 Å². The lowest BCUT2D eigenvalue weighted by molar-refractivity contribution is 0.0733. The Morgan fingerprint density at radius 2 is 2.29 bits per heavy atom. The van der Waals surface area contributed by atoms with Crippen molar-refractivity contribution in [2.24, 2.45) is 7.05 Å². The van der Waals surface area contributed by atoms with Crippen molar-refractivity contribution in [2.45, 2.75) is 13.0 Å². The van der Waals surface area contributed by atoms with Crippen molar-refractivity contribution in [2.75, 3.05) is 13.7 Å². The zero-order valence-electron chi connectivity index (χ0n) is 11.8. The molecule has 21 heavy (non-hydrogen) atoms. The first-order chi connectivity index (χ1) is 10.1. The minimum atomic E-state index is -0.0741. The van der Waals surface area contributed by atoms with Crippen LogP contribution in [0.4, 0.5) is 0 Å². The van der Waals surface area contributed by atoms with Gasteiger partial charge in [0.1, 0.15) is 10.6 Å². The van der Waals surface area contributed by atoms with E-state index in [9.17, 15) is 9.59 Å². The second-order valence-corrected chi connectivity index (χ2v) is 5.80. The highest BCUT2D eigenvalue weighted by molar-refractivity contribution is 7.12. The Kier molecular flexibility index (Phi) is 3.50. The summed E-state index contributed by atoms with van der Waals surface area (Å²) in [5.74, 6) is 0.516. The Morgan fingerprint density at radius 3 is 3.05 bits per heavy atom. The largest absolute Gasteiger partial charge is 0.495 e. The van der Waals surface area contributed by atoms with Gasteiger partial charge in [0, 0.05) is 19.2 Å². The van der Waals surface area contributed by atoms with Crippen molar-refractivity contribution >= 4 is 17.2 Å². The quantitative estimate of drug-likeness (QED) is 0.832. The summed E-state index contributed by atoms with van der Waals surface area (Å²) in [7, 11) is 3.24. The van der Waals surface area contributed by atoms with Gasteiger partial charge in [-0.25, -0.2) is 4.98 Å². The summed E-state index contributed by atoms with van der Waals surface area (Å²) in [4.78, 5) is 31.1. The van der Waals surface area contributed by atoms with Crippen LogP contribution < -0.4 is 10.3 Å². The van der Waals surface area contributed by atoms with Gasteiger partial charge in [-0.2, -0.15) is 0 Å². The number of ether oxygens (including phenoxy) is 1. The summed E-state index contributed by atoms with van der Waals surface area (Å²) in [5.41, 5.74) is 1.37. The molecule has 1 aliphatic heterocycles. The fraction of sp³-hybridized carbons (Fsp3) is 0.357. The van der Waals surface area contributed by atoms with E-state index in [0.717, 1.165) is 0 Å². The Morgan fingerprint density at radius 1 is 1.48 bits per heavy atom. The predicted octanol–water partition coefficient (Wildman–Crippen LogP) is 1.05. The molecule has 0 saturated carbocycles. The van der Waals surface area contributed by atoms with E-state index in [-0.39, 0.29) is 11.5 Å². The van der Waals surface area contributed by atoms with Crippen LogP contribution in [0.3, 0.4) is 0 Å². The SMILES string of the molecule is COc1ccsc1C(=O)N1CCc2c(ncn(C)c2=O)C1. The number of fused-ring (bicyclic) bond motifs is 1. The highest BCUT2D eigenvalue weighted by Gasteiger charge is 2.27. The molecule has 0 bridgehead atoms. The minimum absolute atomic E-state index is 0.0270. The maximum Gasteiger partial charge on any atom is 0.268 e. The highest BCUT2D eigenvalue weighted by atomic mass is 32.1. The second-order valence-electron chi connectivity index (χ2n) is 4.88. The van der Waals surface area contributed by atoms with Gasteiger partial charge in [0.15, 0.2) is 0 Å². The zero-order chi connectivity index (χ0) is 15.0. The number of aromatic nitrogens is 2. The predicted molar refractivity (Wildman–Crippen MR) is 78.8 cm³/mol. The van der Waals surface area contributed by atoms with Gasteiger partial charge in [-0.05, 0) is 17.9 Å². The average Bonchev–Trinajstić information content (AvgIpc) is 2.98. The topological polar surface area (TPSA) is 64.4 Å². The van der Waals surface area contributed by atoms with Crippen LogP contribution in [-0.2, 0) is 20.0 Å². The van der Waals surface area contributed by atoms with Crippen LogP contribution >= 0.6 is 11.3 Å². The van der Waals surface area contributed by atoms with Crippen molar-refractivity contribution in [3.63, 3.8) is 0 Å². The number of rotatable bonds is 2. The number of amides is 1. The molecule has 6 nitrogen and oxygen atoms in total. The van der Waals surface area contributed by atoms with Crippen LogP contribution in [0.2, 0.25) is 0 Å². The first kappa shape index (κ1) is 13.8. The molecule has 3 rings (SSSR count). The molecule has 0 atom stereocenters. The van der Waals surface area contributed by atoms with Gasteiger partial charge in [-0.1, -0.05) is 0 Å². The lowest BCUT2D eigenvalue weighted by Gasteiger charge is -2.27. The molecule has 3 heterocycles. The van der Waals surface area contributed by atoms with Crippen molar-refractivity contribution in [3.8, 4) is 5.75 Å². The van der Waals surface area contributed by atoms with Crippen molar-refractivity contribution < 1.29 is 9.53 Å². The number of hydrogen-bond donors (Lipinski definition) is 0. The molecule has 0 fully saturated rings. The number of carbonyl (C=O) groups is 1. The summed E-state index contributed by atoms with van der Waals surface area (Å²) in [6.07, 6.45) is 2.04. The third-order valence-corrected chi connectivity index (χ3v) is 4.50. The number of methoxy groups -OCH3 is 1. The molecule has 0 aliphatic carbocycles. The van der Waals surface area contributed by atoms with Crippen LogP contribution in [0.1, 0.15) is 20.9 Å². The van der Waals surface area contributed by atoms with Gasteiger partial charge in [0.05, 0.1) is 25.7 Å². The third-order valence-electron chi connectivity index (χ3n) is 3.62. The third kappa shape index (κ3) is 2.33. The van der Waals surface area contributed by atoms with E-state index in [4.69, 9.17) is 4.74 Å². The van der Waals surface area contributed by atoms with Crippen LogP contribution in [0, 0.1) is 0 Å². The Labute approximate surface area is 125 Å². The molecule has 0 aromatic carbocycles. The molecular formula is C14H15N3O3S. The van der Waals surface area contributed by atoms with Gasteiger partial charge in [-0.15, -0.1) is 11.3 Å². The molecule has 2 aromatic heterocycles. The number of aryl methyl sites for hydroxylation is 1. The maximum absolute atomic E-state index is 12.5. The normalized spacial score (nSPS) is 13.9. The van der Waals surface area contributed by atoms with Gasteiger partial charge < -0.3 is 14.2 Å². The first-order valence-corrected chi connectivity index (χ1v) is 7.44. The monoisotopic (exact) mass is 305 g/mol. The van der Waals surface area contributed by atoms with Crippen LogP contribution in [0.25, 0.3) is 0 Å². The standard InChI is InChI=1S/C14H15N3O3S/c1-16-8-15-10-7-17(5-3-9(10)13(16)18)14(19)12-11(20-2)4-6-21-12/h4,6,8H,3,5,7H2,1-2H3. The summed E-state index contributed by atoms with van der Waals surface area (Å²) >= 11 is 1.36. The Hall–Kier alpha value is -2.15. The van der Waals surface area contributed by atoms with Crippen LogP contribution in [-0.4, -0.2) is 34.0 Å². The molecule has 0 unspecified atom stereocenters. The molecule has 1 aliphatic rings.